The fraction of sp³-hybridized carbons (Fsp3) is 0.481. The van der Waals surface area contributed by atoms with E-state index in [1.54, 1.807) is 24.3 Å². The number of nitrogens with one attached hydrogen (secondary N) is 1. The Morgan fingerprint density at radius 1 is 1.06 bits per heavy atom. The maximum absolute atomic E-state index is 13.3. The van der Waals surface area contributed by atoms with Gasteiger partial charge in [-0.3, -0.25) is 4.72 Å². The van der Waals surface area contributed by atoms with E-state index in [1.807, 2.05) is 54.5 Å². The minimum absolute atomic E-state index is 0.0285. The van der Waals surface area contributed by atoms with Crippen molar-refractivity contribution < 1.29 is 23.1 Å². The van der Waals surface area contributed by atoms with Crippen molar-refractivity contribution in [2.24, 2.45) is 17.8 Å². The van der Waals surface area contributed by atoms with E-state index in [0.717, 1.165) is 5.56 Å². The van der Waals surface area contributed by atoms with Gasteiger partial charge in [0.25, 0.3) is 10.0 Å². The summed E-state index contributed by atoms with van der Waals surface area (Å²) in [5.41, 5.74) is 1.37. The highest BCUT2D eigenvalue weighted by molar-refractivity contribution is 7.92. The van der Waals surface area contributed by atoms with Crippen LogP contribution in [0.4, 0.5) is 5.69 Å². The molecule has 2 N–H and O–H groups in total. The second-order valence-corrected chi connectivity index (χ2v) is 11.9. The fourth-order valence-corrected chi connectivity index (χ4v) is 5.84. The van der Waals surface area contributed by atoms with Crippen LogP contribution in [0.15, 0.2) is 59.0 Å². The Labute approximate surface area is 208 Å². The summed E-state index contributed by atoms with van der Waals surface area (Å²) < 4.78 is 34.3. The summed E-state index contributed by atoms with van der Waals surface area (Å²) in [6.07, 6.45) is 1.75. The summed E-state index contributed by atoms with van der Waals surface area (Å²) in [5.74, 6) is -0.957. The van der Waals surface area contributed by atoms with Crippen molar-refractivity contribution in [2.45, 2.75) is 71.4 Å². The van der Waals surface area contributed by atoms with Gasteiger partial charge in [-0.05, 0) is 54.0 Å². The molecule has 2 aromatic rings. The maximum atomic E-state index is 13.3. The molecule has 1 unspecified atom stereocenters. The van der Waals surface area contributed by atoms with Crippen LogP contribution in [-0.4, -0.2) is 30.1 Å². The number of sulfonamides is 1. The highest BCUT2D eigenvalue weighted by Gasteiger charge is 2.48. The van der Waals surface area contributed by atoms with Crippen LogP contribution in [0.5, 0.6) is 0 Å². The van der Waals surface area contributed by atoms with Gasteiger partial charge in [-0.25, -0.2) is 9.78 Å². The summed E-state index contributed by atoms with van der Waals surface area (Å²) >= 11 is 0. The summed E-state index contributed by atoms with van der Waals surface area (Å²) in [4.78, 5) is 17.3. The first kappa shape index (κ1) is 26.7. The molecule has 1 atom stereocenters. The first-order valence-electron chi connectivity index (χ1n) is 12.0. The predicted molar refractivity (Wildman–Crippen MR) is 137 cm³/mol. The number of hydrogen-bond acceptors (Lipinski definition) is 6. The molecule has 1 aliphatic heterocycles. The molecule has 0 bridgehead atoms. The number of benzene rings is 1. The lowest BCUT2D eigenvalue weighted by atomic mass is 9.72. The quantitative estimate of drug-likeness (QED) is 0.448. The average Bonchev–Trinajstić information content (AvgIpc) is 2.75. The molecule has 0 fully saturated rings. The van der Waals surface area contributed by atoms with Gasteiger partial charge in [0.05, 0.1) is 5.57 Å². The summed E-state index contributed by atoms with van der Waals surface area (Å²) in [5, 5.41) is 11.1. The van der Waals surface area contributed by atoms with Gasteiger partial charge in [-0.2, -0.15) is 8.42 Å². The average molecular weight is 501 g/mol. The van der Waals surface area contributed by atoms with Gasteiger partial charge >= 0.3 is 5.97 Å². The molecule has 2 heterocycles. The zero-order valence-corrected chi connectivity index (χ0v) is 22.3. The third-order valence-corrected chi connectivity index (χ3v) is 8.14. The molecule has 0 aliphatic carbocycles. The number of aromatic nitrogens is 1. The molecule has 35 heavy (non-hydrogen) atoms. The van der Waals surface area contributed by atoms with Crippen molar-refractivity contribution in [3.05, 3.63) is 65.1 Å². The second kappa shape index (κ2) is 10.0. The lowest BCUT2D eigenvalue weighted by Gasteiger charge is -2.44. The smallest absolute Gasteiger partial charge is 0.338 e. The molecule has 1 aromatic heterocycles. The molecular weight excluding hydrogens is 464 g/mol. The number of hydrogen-bond donors (Lipinski definition) is 2. The number of anilines is 1. The Bertz CT molecular complexity index is 1210. The Balaban J connectivity index is 1.99. The number of esters is 1. The van der Waals surface area contributed by atoms with E-state index in [-0.39, 0.29) is 40.5 Å². The normalized spacial score (nSPS) is 17.1. The number of ether oxygens (including phenoxy) is 1. The van der Waals surface area contributed by atoms with Crippen molar-refractivity contribution in [1.82, 2.24) is 4.98 Å². The van der Waals surface area contributed by atoms with Crippen molar-refractivity contribution >= 4 is 21.7 Å². The van der Waals surface area contributed by atoms with E-state index >= 15 is 0 Å². The van der Waals surface area contributed by atoms with E-state index in [4.69, 9.17) is 4.74 Å². The predicted octanol–water partition coefficient (Wildman–Crippen LogP) is 5.74. The number of carbonyl (C=O) groups is 1. The van der Waals surface area contributed by atoms with E-state index in [9.17, 15) is 18.3 Å². The number of aliphatic hydroxyl groups is 1. The number of carbonyl (C=O) groups excluding carboxylic acids is 1. The molecule has 1 aromatic carbocycles. The topological polar surface area (TPSA) is 106 Å². The molecule has 190 valence electrons. The van der Waals surface area contributed by atoms with Gasteiger partial charge in [-0.15, -0.1) is 0 Å². The molecule has 7 nitrogen and oxygen atoms in total. The van der Waals surface area contributed by atoms with Gasteiger partial charge in [0.2, 0.25) is 0 Å². The lowest BCUT2D eigenvalue weighted by molar-refractivity contribution is -0.173. The molecule has 8 heteroatoms. The monoisotopic (exact) mass is 500 g/mol. The molecule has 0 spiro atoms. The van der Waals surface area contributed by atoms with Crippen LogP contribution in [0.1, 0.15) is 65.0 Å². The van der Waals surface area contributed by atoms with Crippen LogP contribution in [0.2, 0.25) is 0 Å². The van der Waals surface area contributed by atoms with E-state index in [0.29, 0.717) is 11.3 Å². The fourth-order valence-electron chi connectivity index (χ4n) is 4.86. The van der Waals surface area contributed by atoms with Crippen LogP contribution in [0.3, 0.4) is 0 Å². The lowest BCUT2D eigenvalue weighted by Crippen LogP contribution is -2.49. The standard InChI is InChI=1S/C27H36N2O5S/c1-16(2)24(25-22(30)14-27(17(3)4,18(5)6)34-26(25)31)20-9-8-10-21(13-20)29-35(32,33)23-12-11-19(7)15-28-23/h8-13,15-18,24,29-30H,14H2,1-7H3. The molecule has 0 radical (unpaired) electrons. The SMILES string of the molecule is Cc1ccc(S(=O)(=O)Nc2cccc(C(C3=C(O)CC(C(C)C)(C(C)C)OC3=O)C(C)C)c2)nc1. The largest absolute Gasteiger partial charge is 0.512 e. The van der Waals surface area contributed by atoms with E-state index < -0.39 is 27.5 Å². The van der Waals surface area contributed by atoms with Crippen LogP contribution < -0.4 is 4.72 Å². The van der Waals surface area contributed by atoms with Gasteiger partial charge < -0.3 is 9.84 Å². The van der Waals surface area contributed by atoms with Gasteiger partial charge in [0.1, 0.15) is 11.4 Å². The van der Waals surface area contributed by atoms with Crippen molar-refractivity contribution in [3.63, 3.8) is 0 Å². The number of pyridine rings is 1. The van der Waals surface area contributed by atoms with Crippen molar-refractivity contribution in [2.75, 3.05) is 4.72 Å². The summed E-state index contributed by atoms with van der Waals surface area (Å²) in [6.45, 7) is 13.7. The highest BCUT2D eigenvalue weighted by atomic mass is 32.2. The Morgan fingerprint density at radius 2 is 1.71 bits per heavy atom. The molecule has 0 saturated carbocycles. The highest BCUT2D eigenvalue weighted by Crippen LogP contribution is 2.45. The minimum Gasteiger partial charge on any atom is -0.512 e. The second-order valence-electron chi connectivity index (χ2n) is 10.3. The van der Waals surface area contributed by atoms with E-state index in [2.05, 4.69) is 9.71 Å². The summed E-state index contributed by atoms with van der Waals surface area (Å²) in [7, 11) is -3.89. The zero-order valence-electron chi connectivity index (χ0n) is 21.5. The van der Waals surface area contributed by atoms with Crippen LogP contribution in [0, 0.1) is 24.7 Å². The van der Waals surface area contributed by atoms with Crippen LogP contribution in [0.25, 0.3) is 0 Å². The van der Waals surface area contributed by atoms with Crippen LogP contribution in [-0.2, 0) is 19.6 Å². The molecule has 3 rings (SSSR count). The number of aliphatic hydroxyl groups excluding tert-OH is 1. The van der Waals surface area contributed by atoms with E-state index in [1.165, 1.54) is 12.3 Å². The Morgan fingerprint density at radius 3 is 2.23 bits per heavy atom. The minimum atomic E-state index is -3.89. The van der Waals surface area contributed by atoms with Gasteiger partial charge in [0, 0.05) is 24.2 Å². The third-order valence-electron chi connectivity index (χ3n) is 6.85. The number of nitrogens with zero attached hydrogens (tertiary/aromatic N) is 1. The summed E-state index contributed by atoms with van der Waals surface area (Å²) in [6, 6.07) is 10.0. The first-order chi connectivity index (χ1) is 16.3. The Hall–Kier alpha value is -2.87. The van der Waals surface area contributed by atoms with Crippen molar-refractivity contribution in [3.8, 4) is 0 Å². The molecular formula is C27H36N2O5S. The van der Waals surface area contributed by atoms with Gasteiger partial charge in [-0.1, -0.05) is 59.7 Å². The van der Waals surface area contributed by atoms with Crippen LogP contribution >= 0.6 is 0 Å². The zero-order chi connectivity index (χ0) is 26.1. The number of aryl methyl sites for hydroxylation is 1. The molecule has 1 aliphatic rings. The number of rotatable bonds is 8. The van der Waals surface area contributed by atoms with Gasteiger partial charge in [0.15, 0.2) is 5.03 Å². The molecule has 0 saturated heterocycles. The van der Waals surface area contributed by atoms with Crippen molar-refractivity contribution in [1.29, 1.82) is 0 Å². The third kappa shape index (κ3) is 5.37. The maximum Gasteiger partial charge on any atom is 0.338 e. The first-order valence-corrected chi connectivity index (χ1v) is 13.5. The number of cyclic esters (lactones) is 1. The molecule has 0 amide bonds. The Kier molecular flexibility index (Phi) is 7.65.